The molecule has 1 fully saturated rings. The maximum atomic E-state index is 15.1. The first-order valence-electron chi connectivity index (χ1n) is 11.1. The number of hydrogen-bond donors (Lipinski definition) is 3. The second-order valence-corrected chi connectivity index (χ2v) is 11.3. The number of ether oxygens (including phenoxy) is 2. The third-order valence-electron chi connectivity index (χ3n) is 5.26. The number of aliphatic hydroxyl groups excluding tert-OH is 1. The molecule has 6 atom stereocenters. The van der Waals surface area contributed by atoms with Crippen LogP contribution in [0.2, 0.25) is 0 Å². The zero-order valence-electron chi connectivity index (χ0n) is 20.1. The maximum Gasteiger partial charge on any atom is 0.459 e. The lowest BCUT2D eigenvalue weighted by Crippen LogP contribution is -2.44. The molecule has 0 amide bonds. The number of nitrogens with zero attached hydrogens (tertiary/aromatic N) is 1. The second-order valence-electron chi connectivity index (χ2n) is 8.74. The summed E-state index contributed by atoms with van der Waals surface area (Å²) in [5.41, 5.74) is -1.65. The van der Waals surface area contributed by atoms with Gasteiger partial charge < -0.3 is 24.1 Å². The topological polar surface area (TPSA) is 124 Å². The fourth-order valence-corrected chi connectivity index (χ4v) is 5.49. The van der Waals surface area contributed by atoms with Gasteiger partial charge in [0.1, 0.15) is 28.1 Å². The van der Waals surface area contributed by atoms with Crippen molar-refractivity contribution in [2.45, 2.75) is 63.9 Å². The molecular weight excluding hydrogens is 532 g/mol. The Labute approximate surface area is 218 Å². The molecule has 0 radical (unpaired) electrons. The summed E-state index contributed by atoms with van der Waals surface area (Å²) in [4.78, 5) is 15.0. The Bertz CT molecular complexity index is 1230. The van der Waals surface area contributed by atoms with Gasteiger partial charge in [0.2, 0.25) is 0 Å². The second kappa shape index (κ2) is 11.6. The molecule has 1 aliphatic heterocycles. The van der Waals surface area contributed by atoms with Crippen molar-refractivity contribution in [3.8, 4) is 5.75 Å². The monoisotopic (exact) mass is 561 g/mol. The average Bonchev–Trinajstić information content (AvgIpc) is 3.02. The summed E-state index contributed by atoms with van der Waals surface area (Å²) >= 11 is 10.2. The Balaban J connectivity index is 1.81. The molecule has 10 nitrogen and oxygen atoms in total. The normalized spacial score (nSPS) is 26.4. The van der Waals surface area contributed by atoms with E-state index in [0.717, 1.165) is 0 Å². The van der Waals surface area contributed by atoms with E-state index in [1.54, 1.807) is 44.2 Å². The van der Waals surface area contributed by atoms with Gasteiger partial charge in [0.15, 0.2) is 17.2 Å². The molecule has 2 heterocycles. The van der Waals surface area contributed by atoms with Gasteiger partial charge in [-0.25, -0.2) is 8.96 Å². The van der Waals surface area contributed by atoms with Crippen LogP contribution in [0.4, 0.5) is 4.39 Å². The fourth-order valence-electron chi connectivity index (χ4n) is 3.41. The molecule has 0 aliphatic carbocycles. The minimum Gasteiger partial charge on any atom is -0.462 e. The number of halogens is 1. The molecule has 3 N–H and O–H groups in total. The van der Waals surface area contributed by atoms with Crippen molar-refractivity contribution in [1.29, 1.82) is 0 Å². The van der Waals surface area contributed by atoms with Crippen molar-refractivity contribution in [3.63, 3.8) is 0 Å². The van der Waals surface area contributed by atoms with Crippen LogP contribution in [0, 0.1) is 9.41 Å². The van der Waals surface area contributed by atoms with Gasteiger partial charge in [0, 0.05) is 6.20 Å². The van der Waals surface area contributed by atoms with Crippen LogP contribution in [-0.4, -0.2) is 57.3 Å². The number of aromatic amines is 1. The lowest BCUT2D eigenvalue weighted by Gasteiger charge is -2.30. The Hall–Kier alpha value is -1.99. The van der Waals surface area contributed by atoms with Crippen LogP contribution in [0.25, 0.3) is 0 Å². The number of hydrogen-bond acceptors (Lipinski definition) is 9. The van der Waals surface area contributed by atoms with Gasteiger partial charge in [0.05, 0.1) is 12.7 Å². The number of aliphatic hydroxyl groups is 1. The van der Waals surface area contributed by atoms with Crippen molar-refractivity contribution >= 4 is 38.2 Å². The molecule has 0 bridgehead atoms. The smallest absolute Gasteiger partial charge is 0.459 e. The quantitative estimate of drug-likeness (QED) is 0.219. The van der Waals surface area contributed by atoms with E-state index in [2.05, 4.69) is 10.1 Å². The van der Waals surface area contributed by atoms with Crippen molar-refractivity contribution < 1.29 is 37.4 Å². The zero-order chi connectivity index (χ0) is 26.7. The molecule has 2 aromatic rings. The summed E-state index contributed by atoms with van der Waals surface area (Å²) in [7, 11) is -4.26. The van der Waals surface area contributed by atoms with E-state index in [4.69, 9.17) is 43.0 Å². The van der Waals surface area contributed by atoms with Crippen molar-refractivity contribution in [2.75, 3.05) is 6.61 Å². The van der Waals surface area contributed by atoms with Gasteiger partial charge in [-0.3, -0.25) is 13.9 Å². The summed E-state index contributed by atoms with van der Waals surface area (Å²) in [6.45, 7) is 5.65. The van der Waals surface area contributed by atoms with Crippen LogP contribution in [0.5, 0.6) is 5.75 Å². The fraction of sp³-hybridized carbons (Fsp3) is 0.500. The lowest BCUT2D eigenvalue weighted by atomic mass is 9.99. The van der Waals surface area contributed by atoms with Crippen LogP contribution >= 0.6 is 32.2 Å². The summed E-state index contributed by atoms with van der Waals surface area (Å²) in [6.07, 6.45) is -3.80. The Morgan fingerprint density at radius 2 is 1.97 bits per heavy atom. The lowest BCUT2D eigenvalue weighted by molar-refractivity contribution is -0.149. The Morgan fingerprint density at radius 1 is 1.31 bits per heavy atom. The third kappa shape index (κ3) is 6.86. The van der Waals surface area contributed by atoms with E-state index in [9.17, 15) is 14.5 Å². The van der Waals surface area contributed by atoms with Gasteiger partial charge in [0.25, 0.3) is 0 Å². The van der Waals surface area contributed by atoms with Gasteiger partial charge in [-0.15, -0.1) is 0 Å². The van der Waals surface area contributed by atoms with Crippen molar-refractivity contribution in [1.82, 2.24) is 14.6 Å². The molecule has 0 saturated carbocycles. The van der Waals surface area contributed by atoms with Crippen LogP contribution < -0.4 is 9.61 Å². The van der Waals surface area contributed by atoms with Crippen molar-refractivity contribution in [2.24, 2.45) is 0 Å². The first-order valence-corrected chi connectivity index (χ1v) is 13.5. The minimum absolute atomic E-state index is 0.102. The van der Waals surface area contributed by atoms with Crippen LogP contribution in [-0.2, 0) is 23.4 Å². The van der Waals surface area contributed by atoms with E-state index < -0.39 is 56.6 Å². The van der Waals surface area contributed by atoms with E-state index in [1.807, 2.05) is 0 Å². The summed E-state index contributed by atoms with van der Waals surface area (Å²) in [5, 5.41) is 13.2. The van der Waals surface area contributed by atoms with Gasteiger partial charge in [-0.05, 0) is 58.1 Å². The minimum atomic E-state index is -4.26. The average molecular weight is 562 g/mol. The van der Waals surface area contributed by atoms with E-state index in [1.165, 1.54) is 30.7 Å². The number of carbonyl (C=O) groups excluding carboxylic acids is 1. The first-order chi connectivity index (χ1) is 16.8. The van der Waals surface area contributed by atoms with Crippen LogP contribution in [0.3, 0.4) is 0 Å². The number of rotatable bonds is 10. The predicted molar refractivity (Wildman–Crippen MR) is 134 cm³/mol. The zero-order valence-corrected chi connectivity index (χ0v) is 22.6. The molecule has 36 heavy (non-hydrogen) atoms. The van der Waals surface area contributed by atoms with Gasteiger partial charge >= 0.3 is 13.7 Å². The molecule has 1 saturated heterocycles. The third-order valence-corrected chi connectivity index (χ3v) is 7.44. The highest BCUT2D eigenvalue weighted by Crippen LogP contribution is 2.48. The molecule has 1 aromatic heterocycles. The molecule has 1 aliphatic rings. The largest absolute Gasteiger partial charge is 0.462 e. The summed E-state index contributed by atoms with van der Waals surface area (Å²) < 4.78 is 52.7. The molecule has 1 unspecified atom stereocenters. The van der Waals surface area contributed by atoms with Crippen LogP contribution in [0.1, 0.15) is 33.9 Å². The molecule has 198 valence electrons. The van der Waals surface area contributed by atoms with Crippen molar-refractivity contribution in [3.05, 3.63) is 52.0 Å². The molecule has 14 heteroatoms. The number of carbonyl (C=O) groups is 1. The SMILES string of the molecule is CC(C)OC(=O)[C@H](C)NP(=O)(OC[C@@]1(C)O[C@@H](n2ccc(=S)[nH]c2=S)[C@@H](F)[C@H]1O)Oc1ccccc1. The van der Waals surface area contributed by atoms with E-state index >= 15 is 4.39 Å². The number of para-hydroxylation sites is 1. The highest BCUT2D eigenvalue weighted by atomic mass is 32.1. The molecule has 0 spiro atoms. The number of benzene rings is 1. The number of nitrogens with one attached hydrogen (secondary N) is 2. The maximum absolute atomic E-state index is 15.1. The van der Waals surface area contributed by atoms with E-state index in [-0.39, 0.29) is 10.5 Å². The molecular formula is C22H29FN3O7PS2. The molecule has 3 rings (SSSR count). The highest BCUT2D eigenvalue weighted by Gasteiger charge is 2.54. The number of H-pyrrole nitrogens is 1. The summed E-state index contributed by atoms with van der Waals surface area (Å²) in [6, 6.07) is 8.59. The first kappa shape index (κ1) is 28.6. The summed E-state index contributed by atoms with van der Waals surface area (Å²) in [5.74, 6) is -0.476. The van der Waals surface area contributed by atoms with Crippen LogP contribution in [0.15, 0.2) is 42.6 Å². The number of esters is 1. The van der Waals surface area contributed by atoms with Gasteiger partial charge in [-0.1, -0.05) is 30.4 Å². The Morgan fingerprint density at radius 3 is 2.58 bits per heavy atom. The standard InChI is InChI=1S/C22H29FN3O7PS2/c1-13(2)31-20(28)14(3)25-34(29,33-15-8-6-5-7-9-15)30-12-22(4)18(27)17(23)19(32-22)26-11-10-16(35)24-21(26)36/h5-11,13-14,17-19,27H,12H2,1-4H3,(H,25,29)(H,24,35,36)/t14-,17-,18+,19+,22+,34?/m0/s1. The Kier molecular flexibility index (Phi) is 9.20. The number of aromatic nitrogens is 2. The predicted octanol–water partition coefficient (Wildman–Crippen LogP) is 4.40. The highest BCUT2D eigenvalue weighted by molar-refractivity contribution is 7.72. The number of alkyl halides is 1. The van der Waals surface area contributed by atoms with Gasteiger partial charge in [-0.2, -0.15) is 5.09 Å². The van der Waals surface area contributed by atoms with E-state index in [0.29, 0.717) is 4.64 Å². The molecule has 1 aromatic carbocycles.